The highest BCUT2D eigenvalue weighted by molar-refractivity contribution is 8.26. The molecule has 0 bridgehead atoms. The number of hydrogen-bond donors (Lipinski definition) is 0. The van der Waals surface area contributed by atoms with Gasteiger partial charge in [0.1, 0.15) is 4.32 Å². The first-order chi connectivity index (χ1) is 11.6. The van der Waals surface area contributed by atoms with Crippen molar-refractivity contribution in [3.05, 3.63) is 28.7 Å². The van der Waals surface area contributed by atoms with E-state index < -0.39 is 0 Å². The minimum absolute atomic E-state index is 0.0216. The second kappa shape index (κ2) is 7.55. The Kier molecular flexibility index (Phi) is 5.43. The number of benzene rings is 1. The fraction of sp³-hybridized carbons (Fsp3) is 0.412. The molecule has 1 aromatic carbocycles. The number of methoxy groups -OCH3 is 2. The average Bonchev–Trinajstić information content (AvgIpc) is 3.19. The van der Waals surface area contributed by atoms with Gasteiger partial charge in [0.05, 0.1) is 25.8 Å². The number of hydrogen-bond acceptors (Lipinski definition) is 6. The van der Waals surface area contributed by atoms with Crippen LogP contribution in [0.4, 0.5) is 0 Å². The van der Waals surface area contributed by atoms with Crippen LogP contribution >= 0.6 is 24.0 Å². The zero-order valence-corrected chi connectivity index (χ0v) is 15.4. The van der Waals surface area contributed by atoms with Gasteiger partial charge in [-0.3, -0.25) is 14.6 Å². The fourth-order valence-corrected chi connectivity index (χ4v) is 4.08. The fourth-order valence-electron chi connectivity index (χ4n) is 2.84. The maximum atomic E-state index is 12.7. The van der Waals surface area contributed by atoms with Gasteiger partial charge in [-0.05, 0) is 49.7 Å². The van der Waals surface area contributed by atoms with Crippen molar-refractivity contribution >= 4 is 40.3 Å². The number of likely N-dealkylation sites (tertiary alicyclic amines) is 1. The van der Waals surface area contributed by atoms with E-state index in [-0.39, 0.29) is 5.91 Å². The summed E-state index contributed by atoms with van der Waals surface area (Å²) in [5, 5.41) is 0. The van der Waals surface area contributed by atoms with Crippen molar-refractivity contribution in [3.8, 4) is 11.5 Å². The van der Waals surface area contributed by atoms with Crippen LogP contribution in [0.25, 0.3) is 6.08 Å². The highest BCUT2D eigenvalue weighted by Crippen LogP contribution is 2.34. The van der Waals surface area contributed by atoms with E-state index in [1.54, 1.807) is 19.1 Å². The van der Waals surface area contributed by atoms with Crippen molar-refractivity contribution in [1.29, 1.82) is 0 Å². The molecule has 0 N–H and O–H groups in total. The van der Waals surface area contributed by atoms with Gasteiger partial charge in [-0.2, -0.15) is 0 Å². The molecule has 128 valence electrons. The van der Waals surface area contributed by atoms with Crippen LogP contribution in [0, 0.1) is 0 Å². The Bertz CT molecular complexity index is 684. The molecule has 3 rings (SSSR count). The summed E-state index contributed by atoms with van der Waals surface area (Å²) >= 11 is 6.74. The SMILES string of the molecule is COc1ccc(/C=C2\SC(=S)N(CN3CCCC3)C2=O)cc1OC. The van der Waals surface area contributed by atoms with Crippen LogP contribution in [0.3, 0.4) is 0 Å². The minimum atomic E-state index is -0.0216. The molecule has 0 atom stereocenters. The second-order valence-corrected chi connectivity index (χ2v) is 7.37. The molecular formula is C17H20N2O3S2. The van der Waals surface area contributed by atoms with Crippen molar-refractivity contribution in [2.45, 2.75) is 12.8 Å². The molecule has 0 unspecified atom stereocenters. The first-order valence-corrected chi connectivity index (χ1v) is 9.04. The predicted octanol–water partition coefficient (Wildman–Crippen LogP) is 2.96. The van der Waals surface area contributed by atoms with E-state index in [1.165, 1.54) is 24.6 Å². The van der Waals surface area contributed by atoms with Gasteiger partial charge in [-0.15, -0.1) is 0 Å². The van der Waals surface area contributed by atoms with Crippen molar-refractivity contribution in [2.24, 2.45) is 0 Å². The first kappa shape index (κ1) is 17.3. The van der Waals surface area contributed by atoms with Gasteiger partial charge in [0.25, 0.3) is 5.91 Å². The lowest BCUT2D eigenvalue weighted by Gasteiger charge is -2.22. The summed E-state index contributed by atoms with van der Waals surface area (Å²) in [6.07, 6.45) is 4.23. The van der Waals surface area contributed by atoms with E-state index in [2.05, 4.69) is 4.90 Å². The summed E-state index contributed by atoms with van der Waals surface area (Å²) in [7, 11) is 3.19. The maximum absolute atomic E-state index is 12.7. The van der Waals surface area contributed by atoms with Crippen LogP contribution in [0.15, 0.2) is 23.1 Å². The molecule has 0 aromatic heterocycles. The van der Waals surface area contributed by atoms with Crippen LogP contribution in [0.5, 0.6) is 11.5 Å². The van der Waals surface area contributed by atoms with E-state index in [0.29, 0.717) is 27.4 Å². The maximum Gasteiger partial charge on any atom is 0.267 e. The predicted molar refractivity (Wildman–Crippen MR) is 100 cm³/mol. The molecule has 5 nitrogen and oxygen atoms in total. The number of ether oxygens (including phenoxy) is 2. The summed E-state index contributed by atoms with van der Waals surface area (Å²) in [6, 6.07) is 5.58. The Morgan fingerprint density at radius 3 is 2.58 bits per heavy atom. The summed E-state index contributed by atoms with van der Waals surface area (Å²) < 4.78 is 11.2. The Morgan fingerprint density at radius 1 is 1.21 bits per heavy atom. The van der Waals surface area contributed by atoms with Gasteiger partial charge in [0.2, 0.25) is 0 Å². The first-order valence-electron chi connectivity index (χ1n) is 7.82. The molecule has 2 heterocycles. The zero-order chi connectivity index (χ0) is 17.1. The lowest BCUT2D eigenvalue weighted by Crippen LogP contribution is -2.38. The second-order valence-electron chi connectivity index (χ2n) is 5.69. The van der Waals surface area contributed by atoms with Crippen LogP contribution in [0.2, 0.25) is 0 Å². The van der Waals surface area contributed by atoms with Gasteiger partial charge >= 0.3 is 0 Å². The third kappa shape index (κ3) is 3.58. The number of thioether (sulfide) groups is 1. The number of rotatable bonds is 5. The molecule has 2 fully saturated rings. The molecule has 1 amide bonds. The molecule has 2 aliphatic heterocycles. The number of carbonyl (C=O) groups excluding carboxylic acids is 1. The molecule has 2 aliphatic rings. The van der Waals surface area contributed by atoms with E-state index in [4.69, 9.17) is 21.7 Å². The van der Waals surface area contributed by atoms with Crippen molar-refractivity contribution < 1.29 is 14.3 Å². The third-order valence-corrected chi connectivity index (χ3v) is 5.50. The summed E-state index contributed by atoms with van der Waals surface area (Å²) in [6.45, 7) is 2.66. The topological polar surface area (TPSA) is 42.0 Å². The molecule has 0 saturated carbocycles. The van der Waals surface area contributed by atoms with Gasteiger partial charge in [-0.25, -0.2) is 0 Å². The Morgan fingerprint density at radius 2 is 1.92 bits per heavy atom. The Hall–Kier alpha value is -1.57. The highest BCUT2D eigenvalue weighted by atomic mass is 32.2. The number of carbonyl (C=O) groups is 1. The monoisotopic (exact) mass is 364 g/mol. The molecule has 0 aliphatic carbocycles. The molecule has 1 aromatic rings. The molecule has 2 saturated heterocycles. The van der Waals surface area contributed by atoms with Crippen LogP contribution in [-0.2, 0) is 4.79 Å². The van der Waals surface area contributed by atoms with E-state index in [0.717, 1.165) is 18.7 Å². The standard InChI is InChI=1S/C17H20N2O3S2/c1-21-13-6-5-12(9-14(13)22-2)10-15-16(20)19(17(23)24-15)11-18-7-3-4-8-18/h5-6,9-10H,3-4,7-8,11H2,1-2H3/b15-10-. The van der Waals surface area contributed by atoms with E-state index in [9.17, 15) is 4.79 Å². The van der Waals surface area contributed by atoms with E-state index >= 15 is 0 Å². The molecule has 7 heteroatoms. The van der Waals surface area contributed by atoms with Gasteiger partial charge < -0.3 is 9.47 Å². The van der Waals surface area contributed by atoms with Crippen LogP contribution in [-0.4, -0.2) is 54.0 Å². The number of amides is 1. The highest BCUT2D eigenvalue weighted by Gasteiger charge is 2.33. The number of thiocarbonyl (C=S) groups is 1. The van der Waals surface area contributed by atoms with E-state index in [1.807, 2.05) is 24.3 Å². The van der Waals surface area contributed by atoms with Crippen LogP contribution < -0.4 is 9.47 Å². The number of nitrogens with zero attached hydrogens (tertiary/aromatic N) is 2. The van der Waals surface area contributed by atoms with Crippen molar-refractivity contribution in [1.82, 2.24) is 9.80 Å². The largest absolute Gasteiger partial charge is 0.493 e. The molecule has 0 radical (unpaired) electrons. The molecule has 24 heavy (non-hydrogen) atoms. The lowest BCUT2D eigenvalue weighted by atomic mass is 10.2. The zero-order valence-electron chi connectivity index (χ0n) is 13.8. The third-order valence-electron chi connectivity index (χ3n) is 4.12. The van der Waals surface area contributed by atoms with Crippen LogP contribution in [0.1, 0.15) is 18.4 Å². The van der Waals surface area contributed by atoms with Crippen molar-refractivity contribution in [2.75, 3.05) is 34.0 Å². The Balaban J connectivity index is 1.78. The van der Waals surface area contributed by atoms with Crippen molar-refractivity contribution in [3.63, 3.8) is 0 Å². The van der Waals surface area contributed by atoms with Gasteiger partial charge in [0, 0.05) is 0 Å². The smallest absolute Gasteiger partial charge is 0.267 e. The summed E-state index contributed by atoms with van der Waals surface area (Å²) in [5.74, 6) is 1.28. The Labute approximate surface area is 151 Å². The van der Waals surface area contributed by atoms with Gasteiger partial charge in [-0.1, -0.05) is 30.0 Å². The quantitative estimate of drug-likeness (QED) is 0.591. The molecular weight excluding hydrogens is 344 g/mol. The lowest BCUT2D eigenvalue weighted by molar-refractivity contribution is -0.123. The molecule has 0 spiro atoms. The average molecular weight is 364 g/mol. The normalized spacial score (nSPS) is 20.2. The summed E-state index contributed by atoms with van der Waals surface area (Å²) in [5.41, 5.74) is 0.884. The van der Waals surface area contributed by atoms with Gasteiger partial charge in [0.15, 0.2) is 11.5 Å². The summed E-state index contributed by atoms with van der Waals surface area (Å²) in [4.78, 5) is 17.3. The minimum Gasteiger partial charge on any atom is -0.493 e.